The van der Waals surface area contributed by atoms with Crippen LogP contribution in [0.25, 0.3) is 0 Å². The number of nitrogens with one attached hydrogen (secondary N) is 4. The van der Waals surface area contributed by atoms with Gasteiger partial charge in [-0.15, -0.1) is 0 Å². The first-order valence-corrected chi connectivity index (χ1v) is 13.4. The first-order chi connectivity index (χ1) is 19.6. The number of esters is 1. The van der Waals surface area contributed by atoms with Crippen LogP contribution >= 0.6 is 0 Å². The molecule has 224 valence electrons. The van der Waals surface area contributed by atoms with Gasteiger partial charge in [-0.05, 0) is 48.1 Å². The van der Waals surface area contributed by atoms with E-state index < -0.39 is 64.8 Å². The van der Waals surface area contributed by atoms with Crippen LogP contribution in [-0.4, -0.2) is 60.6 Å². The minimum atomic E-state index is -1.16. The van der Waals surface area contributed by atoms with Crippen LogP contribution in [0, 0.1) is 23.5 Å². The number of hydrogen-bond donors (Lipinski definition) is 4. The molecule has 0 heterocycles. The van der Waals surface area contributed by atoms with Crippen molar-refractivity contribution in [3.8, 4) is 0 Å². The van der Waals surface area contributed by atoms with Crippen LogP contribution in [0.5, 0.6) is 0 Å². The summed E-state index contributed by atoms with van der Waals surface area (Å²) in [4.78, 5) is 76.2. The second kappa shape index (κ2) is 14.8. The Balaban J connectivity index is 2.03. The molecule has 11 heteroatoms. The van der Waals surface area contributed by atoms with Gasteiger partial charge in [-0.3, -0.25) is 24.0 Å². The van der Waals surface area contributed by atoms with E-state index in [1.165, 1.54) is 38.3 Å². The Kier molecular flexibility index (Phi) is 11.8. The van der Waals surface area contributed by atoms with Crippen molar-refractivity contribution in [1.29, 1.82) is 0 Å². The standard InChI is InChI=1S/C31H38N4O7/c1-18(2)23(24(36)28(39)32-17-20-12-11-15-22(16-20)30(41)42-7)34-26(37)19(3)33-29(40)25(31(4,5)6)35-27(38)21-13-9-8-10-14-21/h9,11-16,18-19,23,25H,17H2,1-7H3,(H,32,39)(H,33,40)(H,34,37)(H,35,38)/t19-,23-,25+/m0/s1. The fraction of sp³-hybridized carbons (Fsp3) is 0.419. The van der Waals surface area contributed by atoms with E-state index in [0.717, 1.165) is 0 Å². The Bertz CT molecular complexity index is 1300. The quantitative estimate of drug-likeness (QED) is 0.221. The number of rotatable bonds is 12. The van der Waals surface area contributed by atoms with Gasteiger partial charge in [-0.1, -0.05) is 58.9 Å². The molecule has 0 bridgehead atoms. The summed E-state index contributed by atoms with van der Waals surface area (Å²) >= 11 is 0. The molecule has 0 aliphatic heterocycles. The third kappa shape index (κ3) is 9.44. The first-order valence-electron chi connectivity index (χ1n) is 13.4. The molecule has 42 heavy (non-hydrogen) atoms. The monoisotopic (exact) mass is 578 g/mol. The topological polar surface area (TPSA) is 160 Å². The number of ether oxygens (including phenoxy) is 1. The predicted octanol–water partition coefficient (Wildman–Crippen LogP) is 1.75. The minimum absolute atomic E-state index is 0.0280. The minimum Gasteiger partial charge on any atom is -0.465 e. The molecule has 0 aliphatic rings. The van der Waals surface area contributed by atoms with Crippen molar-refractivity contribution in [3.05, 3.63) is 71.3 Å². The summed E-state index contributed by atoms with van der Waals surface area (Å²) in [5, 5.41) is 10.4. The molecule has 0 saturated carbocycles. The molecular formula is C31H38N4O7. The van der Waals surface area contributed by atoms with E-state index in [9.17, 15) is 28.8 Å². The van der Waals surface area contributed by atoms with Gasteiger partial charge in [0.25, 0.3) is 11.8 Å². The van der Waals surface area contributed by atoms with Gasteiger partial charge in [0.2, 0.25) is 17.6 Å². The Morgan fingerprint density at radius 2 is 1.57 bits per heavy atom. The molecule has 2 rings (SSSR count). The highest BCUT2D eigenvalue weighted by Gasteiger charge is 2.36. The lowest BCUT2D eigenvalue weighted by molar-refractivity contribution is -0.141. The molecule has 0 aliphatic carbocycles. The summed E-state index contributed by atoms with van der Waals surface area (Å²) in [6.45, 7) is 10.1. The van der Waals surface area contributed by atoms with Gasteiger partial charge in [0.05, 0.1) is 18.7 Å². The molecule has 2 aromatic rings. The molecule has 0 aromatic heterocycles. The van der Waals surface area contributed by atoms with Crippen LogP contribution in [0.2, 0.25) is 0 Å². The number of carbonyl (C=O) groups is 6. The Hall–Kier alpha value is -4.72. The summed E-state index contributed by atoms with van der Waals surface area (Å²) in [6, 6.07) is 13.1. The van der Waals surface area contributed by atoms with Crippen LogP contribution in [0.1, 0.15) is 67.8 Å². The summed E-state index contributed by atoms with van der Waals surface area (Å²) in [7, 11) is 1.26. The molecule has 0 unspecified atom stereocenters. The molecular weight excluding hydrogens is 540 g/mol. The number of methoxy groups -OCH3 is 1. The van der Waals surface area contributed by atoms with Crippen LogP contribution < -0.4 is 21.3 Å². The molecule has 0 fully saturated rings. The fourth-order valence-corrected chi connectivity index (χ4v) is 3.89. The zero-order valence-corrected chi connectivity index (χ0v) is 24.9. The van der Waals surface area contributed by atoms with Crippen molar-refractivity contribution >= 4 is 35.4 Å². The number of ketones is 1. The number of benzene rings is 1. The normalized spacial score (nSPS) is 13.0. The van der Waals surface area contributed by atoms with Crippen LogP contribution in [0.4, 0.5) is 0 Å². The first kappa shape index (κ1) is 33.5. The third-order valence-electron chi connectivity index (χ3n) is 6.35. The van der Waals surface area contributed by atoms with E-state index in [0.29, 0.717) is 16.7 Å². The number of Topliss-reactive ketones (excluding diaryl/α,β-unsaturated/α-hetero) is 1. The number of carbonyl (C=O) groups excluding carboxylic acids is 6. The predicted molar refractivity (Wildman–Crippen MR) is 154 cm³/mol. The highest BCUT2D eigenvalue weighted by Crippen LogP contribution is 2.20. The van der Waals surface area contributed by atoms with E-state index in [4.69, 9.17) is 4.74 Å². The third-order valence-corrected chi connectivity index (χ3v) is 6.35. The Morgan fingerprint density at radius 3 is 2.14 bits per heavy atom. The highest BCUT2D eigenvalue weighted by atomic mass is 16.5. The summed E-state index contributed by atoms with van der Waals surface area (Å²) in [5.41, 5.74) is 0.467. The molecule has 3 atom stereocenters. The Labute approximate surface area is 246 Å². The van der Waals surface area contributed by atoms with E-state index in [1.54, 1.807) is 52.8 Å². The lowest BCUT2D eigenvalue weighted by Gasteiger charge is -2.31. The number of amides is 4. The fourth-order valence-electron chi connectivity index (χ4n) is 3.89. The van der Waals surface area contributed by atoms with E-state index >= 15 is 0 Å². The summed E-state index contributed by atoms with van der Waals surface area (Å²) in [5.74, 6) is -4.52. The van der Waals surface area contributed by atoms with Crippen molar-refractivity contribution in [2.24, 2.45) is 11.3 Å². The molecule has 4 N–H and O–H groups in total. The molecule has 0 radical (unpaired) electrons. The van der Waals surface area contributed by atoms with Gasteiger partial charge in [0.15, 0.2) is 0 Å². The maximum Gasteiger partial charge on any atom is 0.337 e. The average Bonchev–Trinajstić information content (AvgIpc) is 2.95. The SMILES string of the molecule is COC(=O)c1cccc(CNC(=O)C(=O)[C@@H](NC(=O)[C@H](C)NC(=O)[C@@H](NC(=O)c2cc#ccc2)C(C)(C)C)C(C)C)c1. The summed E-state index contributed by atoms with van der Waals surface area (Å²) in [6.07, 6.45) is 0. The van der Waals surface area contributed by atoms with Crippen molar-refractivity contribution in [2.75, 3.05) is 7.11 Å². The van der Waals surface area contributed by atoms with Gasteiger partial charge < -0.3 is 26.0 Å². The van der Waals surface area contributed by atoms with E-state index in [1.807, 2.05) is 0 Å². The molecule has 2 aromatic carbocycles. The average molecular weight is 579 g/mol. The second-order valence-corrected chi connectivity index (χ2v) is 11.2. The lowest BCUT2D eigenvalue weighted by Crippen LogP contribution is -2.59. The maximum absolute atomic E-state index is 13.2. The van der Waals surface area contributed by atoms with Gasteiger partial charge >= 0.3 is 5.97 Å². The smallest absolute Gasteiger partial charge is 0.337 e. The van der Waals surface area contributed by atoms with Gasteiger partial charge in [0, 0.05) is 18.2 Å². The van der Waals surface area contributed by atoms with Crippen molar-refractivity contribution in [2.45, 2.75) is 66.2 Å². The van der Waals surface area contributed by atoms with Gasteiger partial charge in [0.1, 0.15) is 12.1 Å². The summed E-state index contributed by atoms with van der Waals surface area (Å²) < 4.78 is 4.69. The van der Waals surface area contributed by atoms with Gasteiger partial charge in [-0.25, -0.2) is 4.79 Å². The largest absolute Gasteiger partial charge is 0.465 e. The Morgan fingerprint density at radius 1 is 0.881 bits per heavy atom. The van der Waals surface area contributed by atoms with Gasteiger partial charge in [-0.2, -0.15) is 0 Å². The molecule has 0 spiro atoms. The molecule has 0 saturated heterocycles. The molecule has 4 amide bonds. The van der Waals surface area contributed by atoms with Crippen molar-refractivity contribution in [1.82, 2.24) is 21.3 Å². The van der Waals surface area contributed by atoms with Crippen LogP contribution in [0.15, 0.2) is 42.5 Å². The lowest BCUT2D eigenvalue weighted by atomic mass is 9.85. The van der Waals surface area contributed by atoms with Crippen LogP contribution in [0.3, 0.4) is 0 Å². The highest BCUT2D eigenvalue weighted by molar-refractivity contribution is 6.38. The van der Waals surface area contributed by atoms with Crippen LogP contribution in [-0.2, 0) is 30.5 Å². The zero-order chi connectivity index (χ0) is 31.6. The van der Waals surface area contributed by atoms with Crippen molar-refractivity contribution < 1.29 is 33.5 Å². The second-order valence-electron chi connectivity index (χ2n) is 11.2. The van der Waals surface area contributed by atoms with E-state index in [-0.39, 0.29) is 6.54 Å². The zero-order valence-electron chi connectivity index (χ0n) is 24.9. The number of hydrogen-bond acceptors (Lipinski definition) is 7. The van der Waals surface area contributed by atoms with E-state index in [2.05, 4.69) is 33.4 Å². The maximum atomic E-state index is 13.2. The van der Waals surface area contributed by atoms with Crippen molar-refractivity contribution in [3.63, 3.8) is 0 Å². The molecule has 11 nitrogen and oxygen atoms in total.